The van der Waals surface area contributed by atoms with E-state index in [1.807, 2.05) is 43.2 Å². The number of hydrogen-bond donors (Lipinski definition) is 1. The van der Waals surface area contributed by atoms with Gasteiger partial charge in [0.25, 0.3) is 11.6 Å². The number of nitrogens with zero attached hydrogens (tertiary/aromatic N) is 3. The molecule has 1 N–H and O–H groups in total. The first kappa shape index (κ1) is 22.7. The number of anilines is 1. The summed E-state index contributed by atoms with van der Waals surface area (Å²) >= 11 is 1.57. The minimum absolute atomic E-state index is 0.000289. The van der Waals surface area contributed by atoms with Gasteiger partial charge in [-0.3, -0.25) is 19.7 Å². The van der Waals surface area contributed by atoms with Crippen molar-refractivity contribution >= 4 is 34.5 Å². The van der Waals surface area contributed by atoms with Crippen molar-refractivity contribution in [1.29, 1.82) is 0 Å². The summed E-state index contributed by atoms with van der Waals surface area (Å²) in [5.74, 6) is -0.343. The number of nitrogens with one attached hydrogen (secondary N) is 1. The van der Waals surface area contributed by atoms with Crippen molar-refractivity contribution in [2.45, 2.75) is 33.7 Å². The number of hydrogen-bond acceptors (Lipinski definition) is 6. The third kappa shape index (κ3) is 5.22. The molecule has 2 aromatic rings. The summed E-state index contributed by atoms with van der Waals surface area (Å²) in [4.78, 5) is 40.5. The Bertz CT molecular complexity index is 960. The molecule has 2 heterocycles. The molecule has 1 aliphatic heterocycles. The minimum atomic E-state index is -0.454. The van der Waals surface area contributed by atoms with Gasteiger partial charge in [0, 0.05) is 49.6 Å². The molecule has 1 aliphatic rings. The average Bonchev–Trinajstić information content (AvgIpc) is 3.24. The third-order valence-electron chi connectivity index (χ3n) is 5.47. The first-order valence-electron chi connectivity index (χ1n) is 10.2. The second-order valence-electron chi connectivity index (χ2n) is 8.74. The van der Waals surface area contributed by atoms with Gasteiger partial charge in [-0.25, -0.2) is 0 Å². The Balaban J connectivity index is 1.83. The quantitative estimate of drug-likeness (QED) is 0.558. The average molecular weight is 445 g/mol. The summed E-state index contributed by atoms with van der Waals surface area (Å²) in [5, 5.41) is 16.8. The maximum absolute atomic E-state index is 13.0. The highest BCUT2D eigenvalue weighted by Crippen LogP contribution is 2.36. The van der Waals surface area contributed by atoms with Crippen LogP contribution in [-0.4, -0.2) is 47.8 Å². The summed E-state index contributed by atoms with van der Waals surface area (Å²) < 4.78 is 0. The monoisotopic (exact) mass is 444 g/mol. The van der Waals surface area contributed by atoms with E-state index < -0.39 is 4.92 Å². The molecule has 8 nitrogen and oxygen atoms in total. The SMILES string of the molecule is CC(=O)N1CCN(c2ccc(C(=O)NC(c3cccs3)C(C)(C)C)cc2[N+](=O)[O-])CC1. The van der Waals surface area contributed by atoms with Crippen LogP contribution in [0.4, 0.5) is 11.4 Å². The Kier molecular flexibility index (Phi) is 6.64. The summed E-state index contributed by atoms with van der Waals surface area (Å²) in [7, 11) is 0. The normalized spacial score (nSPS) is 15.5. The van der Waals surface area contributed by atoms with Crippen molar-refractivity contribution < 1.29 is 14.5 Å². The number of piperazine rings is 1. The van der Waals surface area contributed by atoms with Crippen molar-refractivity contribution in [3.8, 4) is 0 Å². The Hall–Kier alpha value is -2.94. The molecule has 1 saturated heterocycles. The molecular formula is C22H28N4O4S. The number of benzene rings is 1. The number of rotatable bonds is 5. The van der Waals surface area contributed by atoms with Crippen LogP contribution in [0.2, 0.25) is 0 Å². The van der Waals surface area contributed by atoms with E-state index in [-0.39, 0.29) is 34.5 Å². The summed E-state index contributed by atoms with van der Waals surface area (Å²) in [5.41, 5.74) is 0.398. The van der Waals surface area contributed by atoms with Crippen molar-refractivity contribution in [2.75, 3.05) is 31.1 Å². The van der Waals surface area contributed by atoms with Gasteiger partial charge in [-0.2, -0.15) is 0 Å². The Morgan fingerprint density at radius 2 is 1.84 bits per heavy atom. The first-order chi connectivity index (χ1) is 14.6. The molecule has 1 aromatic carbocycles. The van der Waals surface area contributed by atoms with E-state index in [4.69, 9.17) is 0 Å². The lowest BCUT2D eigenvalue weighted by Crippen LogP contribution is -2.48. The van der Waals surface area contributed by atoms with Gasteiger partial charge in [0.05, 0.1) is 11.0 Å². The first-order valence-corrected chi connectivity index (χ1v) is 11.1. The highest BCUT2D eigenvalue weighted by molar-refractivity contribution is 7.10. The van der Waals surface area contributed by atoms with Crippen LogP contribution in [0.3, 0.4) is 0 Å². The molecule has 166 valence electrons. The highest BCUT2D eigenvalue weighted by Gasteiger charge is 2.30. The van der Waals surface area contributed by atoms with Crippen molar-refractivity contribution in [1.82, 2.24) is 10.2 Å². The fourth-order valence-electron chi connectivity index (χ4n) is 3.72. The summed E-state index contributed by atoms with van der Waals surface area (Å²) in [6.45, 7) is 9.71. The molecule has 1 aromatic heterocycles. The number of nitro groups is 1. The van der Waals surface area contributed by atoms with Gasteiger partial charge in [-0.1, -0.05) is 26.8 Å². The van der Waals surface area contributed by atoms with Crippen LogP contribution in [0.15, 0.2) is 35.7 Å². The largest absolute Gasteiger partial charge is 0.362 e. The molecule has 3 rings (SSSR count). The minimum Gasteiger partial charge on any atom is -0.362 e. The van der Waals surface area contributed by atoms with Crippen molar-refractivity contribution in [3.63, 3.8) is 0 Å². The number of carbonyl (C=O) groups excluding carboxylic acids is 2. The molecule has 2 amide bonds. The molecule has 0 bridgehead atoms. The molecule has 0 aliphatic carbocycles. The lowest BCUT2D eigenvalue weighted by atomic mass is 9.85. The fraction of sp³-hybridized carbons (Fsp3) is 0.455. The second-order valence-corrected chi connectivity index (χ2v) is 9.72. The topological polar surface area (TPSA) is 95.8 Å². The Labute approximate surface area is 186 Å². The number of carbonyl (C=O) groups is 2. The van der Waals surface area contributed by atoms with Crippen LogP contribution in [0.25, 0.3) is 0 Å². The number of amides is 2. The van der Waals surface area contributed by atoms with Crippen LogP contribution < -0.4 is 10.2 Å². The second kappa shape index (κ2) is 9.05. The third-order valence-corrected chi connectivity index (χ3v) is 6.41. The molecule has 0 radical (unpaired) electrons. The molecule has 9 heteroatoms. The van der Waals surface area contributed by atoms with E-state index in [2.05, 4.69) is 5.32 Å². The molecule has 31 heavy (non-hydrogen) atoms. The predicted octanol–water partition coefficient (Wildman–Crippen LogP) is 3.84. The van der Waals surface area contributed by atoms with Gasteiger partial charge in [-0.05, 0) is 29.0 Å². The van der Waals surface area contributed by atoms with Crippen LogP contribution >= 0.6 is 11.3 Å². The van der Waals surface area contributed by atoms with Gasteiger partial charge in [0.15, 0.2) is 0 Å². The zero-order chi connectivity index (χ0) is 22.8. The highest BCUT2D eigenvalue weighted by atomic mass is 32.1. The summed E-state index contributed by atoms with van der Waals surface area (Å²) in [6.07, 6.45) is 0. The lowest BCUT2D eigenvalue weighted by molar-refractivity contribution is -0.384. The molecule has 1 atom stereocenters. The van der Waals surface area contributed by atoms with E-state index >= 15 is 0 Å². The van der Waals surface area contributed by atoms with Gasteiger partial charge in [0.1, 0.15) is 5.69 Å². The standard InChI is InChI=1S/C22H28N4O4S/c1-15(27)24-9-11-25(12-10-24)17-8-7-16(14-18(17)26(29)30)21(28)23-20(22(2,3)4)19-6-5-13-31-19/h5-8,13-14,20H,9-12H2,1-4H3,(H,23,28). The van der Waals surface area contributed by atoms with Crippen molar-refractivity contribution in [3.05, 3.63) is 56.3 Å². The molecule has 0 saturated carbocycles. The Morgan fingerprint density at radius 3 is 2.35 bits per heavy atom. The maximum atomic E-state index is 13.0. The van der Waals surface area contributed by atoms with Crippen LogP contribution in [-0.2, 0) is 4.79 Å². The smallest absolute Gasteiger partial charge is 0.293 e. The zero-order valence-corrected chi connectivity index (χ0v) is 19.1. The lowest BCUT2D eigenvalue weighted by Gasteiger charge is -2.35. The number of thiophene rings is 1. The molecule has 1 unspecified atom stereocenters. The van der Waals surface area contributed by atoms with E-state index in [0.717, 1.165) is 4.88 Å². The van der Waals surface area contributed by atoms with Crippen LogP contribution in [0, 0.1) is 15.5 Å². The Morgan fingerprint density at radius 1 is 1.16 bits per heavy atom. The van der Waals surface area contributed by atoms with Crippen LogP contribution in [0.1, 0.15) is 49.0 Å². The van der Waals surface area contributed by atoms with E-state index in [0.29, 0.717) is 31.9 Å². The van der Waals surface area contributed by atoms with Crippen molar-refractivity contribution in [2.24, 2.45) is 5.41 Å². The van der Waals surface area contributed by atoms with Crippen LogP contribution in [0.5, 0.6) is 0 Å². The molecule has 0 spiro atoms. The summed E-state index contributed by atoms with van der Waals surface area (Å²) in [6, 6.07) is 8.31. The maximum Gasteiger partial charge on any atom is 0.293 e. The van der Waals surface area contributed by atoms with Gasteiger partial charge in [-0.15, -0.1) is 11.3 Å². The molecular weight excluding hydrogens is 416 g/mol. The van der Waals surface area contributed by atoms with E-state index in [1.165, 1.54) is 13.0 Å². The van der Waals surface area contributed by atoms with Gasteiger partial charge in [0.2, 0.25) is 5.91 Å². The van der Waals surface area contributed by atoms with E-state index in [1.54, 1.807) is 28.4 Å². The zero-order valence-electron chi connectivity index (χ0n) is 18.3. The molecule has 1 fully saturated rings. The van der Waals surface area contributed by atoms with Gasteiger partial charge < -0.3 is 15.1 Å². The van der Waals surface area contributed by atoms with E-state index in [9.17, 15) is 19.7 Å². The van der Waals surface area contributed by atoms with Gasteiger partial charge >= 0.3 is 0 Å². The predicted molar refractivity (Wildman–Crippen MR) is 122 cm³/mol. The fourth-order valence-corrected chi connectivity index (χ4v) is 4.74. The number of nitro benzene ring substituents is 1.